The first-order valence-corrected chi connectivity index (χ1v) is 5.41. The number of alkyl halides is 3. The van der Waals surface area contributed by atoms with E-state index >= 15 is 0 Å². The molecule has 0 spiro atoms. The molecule has 0 aliphatic carbocycles. The maximum absolute atomic E-state index is 12.6. The molecule has 17 heavy (non-hydrogen) atoms. The van der Waals surface area contributed by atoms with Crippen molar-refractivity contribution >= 4 is 22.5 Å². The molecule has 0 fully saturated rings. The predicted molar refractivity (Wildman–Crippen MR) is 56.1 cm³/mol. The van der Waals surface area contributed by atoms with Crippen molar-refractivity contribution in [2.75, 3.05) is 5.73 Å². The molecule has 8 heteroatoms. The van der Waals surface area contributed by atoms with Crippen molar-refractivity contribution < 1.29 is 26.7 Å². The molecular weight excluding hydrogens is 259 g/mol. The molecular formula is C9H8F3NO3S. The van der Waals surface area contributed by atoms with E-state index in [2.05, 4.69) is 0 Å². The third-order valence-corrected chi connectivity index (χ3v) is 2.74. The van der Waals surface area contributed by atoms with Crippen molar-refractivity contribution in [2.24, 2.45) is 0 Å². The summed E-state index contributed by atoms with van der Waals surface area (Å²) in [6.07, 6.45) is -3.55. The van der Waals surface area contributed by atoms with Crippen molar-refractivity contribution in [3.63, 3.8) is 0 Å². The van der Waals surface area contributed by atoms with Crippen LogP contribution in [0.25, 0.3) is 6.08 Å². The van der Waals surface area contributed by atoms with E-state index in [1.807, 2.05) is 0 Å². The normalized spacial score (nSPS) is 12.5. The second kappa shape index (κ2) is 4.66. The lowest BCUT2D eigenvalue weighted by molar-refractivity contribution is -0.137. The van der Waals surface area contributed by atoms with Crippen LogP contribution < -0.4 is 5.73 Å². The Morgan fingerprint density at radius 3 is 2.29 bits per heavy atom. The van der Waals surface area contributed by atoms with Gasteiger partial charge in [0.15, 0.2) is 10.7 Å². The molecule has 0 heterocycles. The predicted octanol–water partition coefficient (Wildman–Crippen LogP) is 1.79. The minimum Gasteiger partial charge on any atom is -0.516 e. The summed E-state index contributed by atoms with van der Waals surface area (Å²) in [4.78, 5) is -0.416. The van der Waals surface area contributed by atoms with Gasteiger partial charge in [-0.05, 0) is 23.8 Å². The number of nitrogens with two attached hydrogens (primary N) is 1. The van der Waals surface area contributed by atoms with Crippen molar-refractivity contribution in [1.82, 2.24) is 0 Å². The molecule has 4 nitrogen and oxygen atoms in total. The highest BCUT2D eigenvalue weighted by molar-refractivity contribution is 7.72. The van der Waals surface area contributed by atoms with Gasteiger partial charge in [0.25, 0.3) is 0 Å². The van der Waals surface area contributed by atoms with Gasteiger partial charge in [-0.2, -0.15) is 13.2 Å². The first-order chi connectivity index (χ1) is 7.77. The zero-order chi connectivity index (χ0) is 13.2. The Bertz CT molecular complexity index is 527. The number of anilines is 1. The Kier molecular flexibility index (Phi) is 3.66. The van der Waals surface area contributed by atoms with E-state index < -0.39 is 38.6 Å². The molecule has 1 aromatic carbocycles. The maximum atomic E-state index is 12.6. The number of benzene rings is 1. The fourth-order valence-corrected chi connectivity index (χ4v) is 1.76. The van der Waals surface area contributed by atoms with Crippen LogP contribution in [0.1, 0.15) is 11.1 Å². The SMILES string of the molecule is Nc1cc(C(F)(F)F)c(/C=C/O)cc1[SH](=O)=O. The standard InChI is InChI=1S/C9H8F3NO3S/c10-9(11,12)6-4-7(13)8(17(15)16)3-5(6)1-2-14/h1-4,14,17H,13H2/b2-1+. The van der Waals surface area contributed by atoms with E-state index in [-0.39, 0.29) is 0 Å². The van der Waals surface area contributed by atoms with Gasteiger partial charge < -0.3 is 10.8 Å². The second-order valence-electron chi connectivity index (χ2n) is 3.07. The Morgan fingerprint density at radius 2 is 1.88 bits per heavy atom. The average molecular weight is 267 g/mol. The maximum Gasteiger partial charge on any atom is 0.417 e. The van der Waals surface area contributed by atoms with Crippen molar-refractivity contribution in [3.05, 3.63) is 29.5 Å². The number of nitrogen functional groups attached to an aromatic ring is 1. The molecule has 1 rings (SSSR count). The zero-order valence-corrected chi connectivity index (χ0v) is 9.13. The van der Waals surface area contributed by atoms with Gasteiger partial charge in [-0.3, -0.25) is 0 Å². The van der Waals surface area contributed by atoms with Crippen LogP contribution >= 0.6 is 0 Å². The first-order valence-electron chi connectivity index (χ1n) is 4.23. The van der Waals surface area contributed by atoms with Crippen molar-refractivity contribution in [1.29, 1.82) is 0 Å². The number of rotatable bonds is 2. The molecule has 0 aliphatic heterocycles. The van der Waals surface area contributed by atoms with Crippen LogP contribution in [0.3, 0.4) is 0 Å². The number of aliphatic hydroxyl groups excluding tert-OH is 1. The molecule has 0 atom stereocenters. The Balaban J connectivity index is 3.58. The number of aliphatic hydroxyl groups is 1. The molecule has 0 amide bonds. The van der Waals surface area contributed by atoms with E-state index in [4.69, 9.17) is 10.8 Å². The lowest BCUT2D eigenvalue weighted by atomic mass is 10.1. The van der Waals surface area contributed by atoms with Crippen molar-refractivity contribution in [3.8, 4) is 0 Å². The van der Waals surface area contributed by atoms with Crippen molar-refractivity contribution in [2.45, 2.75) is 11.1 Å². The van der Waals surface area contributed by atoms with Crippen LogP contribution in [0, 0.1) is 0 Å². The summed E-state index contributed by atoms with van der Waals surface area (Å²) in [5.41, 5.74) is 3.15. The highest BCUT2D eigenvalue weighted by atomic mass is 32.2. The van der Waals surface area contributed by atoms with Crippen LogP contribution in [-0.2, 0) is 16.9 Å². The minimum absolute atomic E-state index is 0.391. The second-order valence-corrected chi connectivity index (χ2v) is 4.06. The third kappa shape index (κ3) is 2.90. The van der Waals surface area contributed by atoms with Crippen LogP contribution in [0.4, 0.5) is 18.9 Å². The smallest absolute Gasteiger partial charge is 0.417 e. The van der Waals surface area contributed by atoms with Gasteiger partial charge in [0, 0.05) is 0 Å². The van der Waals surface area contributed by atoms with E-state index in [0.29, 0.717) is 12.3 Å². The fraction of sp³-hybridized carbons (Fsp3) is 0.111. The Morgan fingerprint density at radius 1 is 1.29 bits per heavy atom. The fourth-order valence-electron chi connectivity index (χ4n) is 1.24. The Labute approximate surface area is 96.1 Å². The topological polar surface area (TPSA) is 80.4 Å². The largest absolute Gasteiger partial charge is 0.516 e. The van der Waals surface area contributed by atoms with Crippen LogP contribution in [0.15, 0.2) is 23.3 Å². The third-order valence-electron chi connectivity index (χ3n) is 1.96. The van der Waals surface area contributed by atoms with Gasteiger partial charge in [0.1, 0.15) is 0 Å². The van der Waals surface area contributed by atoms with Gasteiger partial charge >= 0.3 is 6.18 Å². The lowest BCUT2D eigenvalue weighted by Gasteiger charge is -2.12. The van der Waals surface area contributed by atoms with Gasteiger partial charge in [-0.15, -0.1) is 0 Å². The van der Waals surface area contributed by atoms with Crippen LogP contribution in [-0.4, -0.2) is 13.5 Å². The summed E-state index contributed by atoms with van der Waals surface area (Å²) >= 11 is 0. The average Bonchev–Trinajstić information content (AvgIpc) is 2.18. The molecule has 0 aromatic heterocycles. The molecule has 0 unspecified atom stereocenters. The molecule has 0 saturated carbocycles. The summed E-state index contributed by atoms with van der Waals surface area (Å²) in [6, 6.07) is 1.28. The monoisotopic (exact) mass is 267 g/mol. The van der Waals surface area contributed by atoms with E-state index in [0.717, 1.165) is 12.1 Å². The van der Waals surface area contributed by atoms with Gasteiger partial charge in [-0.25, -0.2) is 8.42 Å². The quantitative estimate of drug-likeness (QED) is 0.433. The summed E-state index contributed by atoms with van der Waals surface area (Å²) in [5.74, 6) is 0. The molecule has 94 valence electrons. The molecule has 1 aromatic rings. The number of hydrogen-bond donors (Lipinski definition) is 3. The van der Waals surface area contributed by atoms with Crippen LogP contribution in [0.5, 0.6) is 0 Å². The highest BCUT2D eigenvalue weighted by Crippen LogP contribution is 2.35. The van der Waals surface area contributed by atoms with Crippen LogP contribution in [0.2, 0.25) is 0 Å². The van der Waals surface area contributed by atoms with Gasteiger partial charge in [-0.1, -0.05) is 0 Å². The number of halogens is 3. The summed E-state index contributed by atoms with van der Waals surface area (Å²) in [7, 11) is -3.10. The van der Waals surface area contributed by atoms with Gasteiger partial charge in [0.05, 0.1) is 22.4 Å². The minimum atomic E-state index is -4.68. The molecule has 0 radical (unpaired) electrons. The number of hydrogen-bond acceptors (Lipinski definition) is 4. The number of thiol groups is 1. The zero-order valence-electron chi connectivity index (χ0n) is 8.23. The summed E-state index contributed by atoms with van der Waals surface area (Å²) in [5, 5.41) is 8.48. The lowest BCUT2D eigenvalue weighted by Crippen LogP contribution is -2.09. The molecule has 0 aliphatic rings. The first kappa shape index (κ1) is 13.4. The van der Waals surface area contributed by atoms with E-state index in [1.165, 1.54) is 0 Å². The molecule has 3 N–H and O–H groups in total. The van der Waals surface area contributed by atoms with Gasteiger partial charge in [0.2, 0.25) is 0 Å². The molecule has 0 bridgehead atoms. The van der Waals surface area contributed by atoms with E-state index in [1.54, 1.807) is 0 Å². The summed E-state index contributed by atoms with van der Waals surface area (Å²) < 4.78 is 59.1. The van der Waals surface area contributed by atoms with E-state index in [9.17, 15) is 21.6 Å². The molecule has 0 saturated heterocycles. The highest BCUT2D eigenvalue weighted by Gasteiger charge is 2.33. The summed E-state index contributed by atoms with van der Waals surface area (Å²) in [6.45, 7) is 0. The Hall–Kier alpha value is -1.70.